The number of carbonyl (C=O) groups is 1. The number of aryl methyl sites for hydroxylation is 2. The predicted molar refractivity (Wildman–Crippen MR) is 76.0 cm³/mol. The van der Waals surface area contributed by atoms with Gasteiger partial charge in [0.05, 0.1) is 4.88 Å². The first-order valence-electron chi connectivity index (χ1n) is 6.60. The highest BCUT2D eigenvalue weighted by molar-refractivity contribution is 7.14. The Morgan fingerprint density at radius 1 is 1.56 bits per heavy atom. The molecule has 18 heavy (non-hydrogen) atoms. The summed E-state index contributed by atoms with van der Waals surface area (Å²) in [6.07, 6.45) is 11.5. The summed E-state index contributed by atoms with van der Waals surface area (Å²) in [6, 6.07) is 2.17. The van der Waals surface area contributed by atoms with Crippen molar-refractivity contribution in [3.63, 3.8) is 0 Å². The van der Waals surface area contributed by atoms with Gasteiger partial charge in [0.15, 0.2) is 0 Å². The van der Waals surface area contributed by atoms with E-state index in [9.17, 15) is 4.79 Å². The van der Waals surface area contributed by atoms with Crippen molar-refractivity contribution >= 4 is 17.2 Å². The second kappa shape index (κ2) is 6.06. The van der Waals surface area contributed by atoms with E-state index in [0.29, 0.717) is 6.42 Å². The summed E-state index contributed by atoms with van der Waals surface area (Å²) in [6.45, 7) is 2.04. The molecule has 0 saturated heterocycles. The Morgan fingerprint density at radius 3 is 3.00 bits per heavy atom. The van der Waals surface area contributed by atoms with Gasteiger partial charge in [-0.3, -0.25) is 4.79 Å². The van der Waals surface area contributed by atoms with E-state index in [4.69, 9.17) is 6.42 Å². The third-order valence-corrected chi connectivity index (χ3v) is 4.65. The van der Waals surface area contributed by atoms with Gasteiger partial charge < -0.3 is 5.32 Å². The van der Waals surface area contributed by atoms with Gasteiger partial charge in [-0.15, -0.1) is 23.7 Å². The number of rotatable bonds is 4. The van der Waals surface area contributed by atoms with Crippen LogP contribution in [-0.4, -0.2) is 11.9 Å². The highest BCUT2D eigenvalue weighted by Gasteiger charge is 2.18. The first-order valence-corrected chi connectivity index (χ1v) is 7.42. The predicted octanol–water partition coefficient (Wildman–Crippen LogP) is 3.16. The molecule has 96 valence electrons. The molecule has 1 atom stereocenters. The van der Waals surface area contributed by atoms with Gasteiger partial charge in [-0.05, 0) is 43.7 Å². The van der Waals surface area contributed by atoms with Gasteiger partial charge >= 0.3 is 0 Å². The van der Waals surface area contributed by atoms with Crippen molar-refractivity contribution in [2.75, 3.05) is 0 Å². The van der Waals surface area contributed by atoms with Crippen LogP contribution in [0.1, 0.15) is 52.7 Å². The minimum atomic E-state index is 0.0384. The van der Waals surface area contributed by atoms with Crippen LogP contribution in [0.2, 0.25) is 0 Å². The fourth-order valence-corrected chi connectivity index (χ4v) is 3.46. The van der Waals surface area contributed by atoms with Crippen molar-refractivity contribution in [2.24, 2.45) is 0 Å². The summed E-state index contributed by atoms with van der Waals surface area (Å²) in [5.74, 6) is 2.65. The van der Waals surface area contributed by atoms with Crippen molar-refractivity contribution in [3.8, 4) is 12.3 Å². The zero-order valence-corrected chi connectivity index (χ0v) is 11.6. The number of fused-ring (bicyclic) bond motifs is 1. The molecular formula is C15H19NOS. The normalized spacial score (nSPS) is 15.6. The monoisotopic (exact) mass is 261 g/mol. The molecule has 1 aliphatic rings. The topological polar surface area (TPSA) is 29.1 Å². The van der Waals surface area contributed by atoms with Crippen LogP contribution in [0.25, 0.3) is 0 Å². The van der Waals surface area contributed by atoms with Crippen LogP contribution < -0.4 is 5.32 Å². The van der Waals surface area contributed by atoms with Crippen LogP contribution in [0.4, 0.5) is 0 Å². The van der Waals surface area contributed by atoms with E-state index in [1.807, 2.05) is 6.92 Å². The molecule has 0 aliphatic heterocycles. The largest absolute Gasteiger partial charge is 0.348 e. The number of hydrogen-bond acceptors (Lipinski definition) is 2. The molecular weight excluding hydrogens is 242 g/mol. The number of thiophene rings is 1. The van der Waals surface area contributed by atoms with Crippen molar-refractivity contribution in [3.05, 3.63) is 21.4 Å². The molecule has 1 amide bonds. The van der Waals surface area contributed by atoms with Crippen molar-refractivity contribution in [1.29, 1.82) is 0 Å². The molecule has 1 aromatic heterocycles. The molecule has 1 aromatic rings. The fourth-order valence-electron chi connectivity index (χ4n) is 2.30. The van der Waals surface area contributed by atoms with Crippen molar-refractivity contribution < 1.29 is 4.79 Å². The van der Waals surface area contributed by atoms with E-state index in [0.717, 1.165) is 24.1 Å². The quantitative estimate of drug-likeness (QED) is 0.829. The van der Waals surface area contributed by atoms with E-state index < -0.39 is 0 Å². The van der Waals surface area contributed by atoms with E-state index in [2.05, 4.69) is 17.3 Å². The van der Waals surface area contributed by atoms with Crippen LogP contribution in [0, 0.1) is 12.3 Å². The number of carbonyl (C=O) groups excluding carboxylic acids is 1. The summed E-state index contributed by atoms with van der Waals surface area (Å²) in [4.78, 5) is 14.4. The average Bonchev–Trinajstić information content (AvgIpc) is 2.82. The number of nitrogens with one attached hydrogen (secondary N) is 1. The molecule has 2 nitrogen and oxygen atoms in total. The van der Waals surface area contributed by atoms with Crippen LogP contribution in [0.5, 0.6) is 0 Å². The first kappa shape index (κ1) is 13.2. The van der Waals surface area contributed by atoms with E-state index in [-0.39, 0.29) is 11.9 Å². The van der Waals surface area contributed by atoms with Gasteiger partial charge in [0.1, 0.15) is 0 Å². The van der Waals surface area contributed by atoms with Crippen LogP contribution in [0.15, 0.2) is 6.07 Å². The highest BCUT2D eigenvalue weighted by Crippen LogP contribution is 2.29. The standard InChI is InChI=1S/C15H19NOS/c1-3-7-12(4-2)16-15(17)14-10-11-8-5-6-9-13(11)18-14/h1,10,12H,4-9H2,2H3,(H,16,17). The smallest absolute Gasteiger partial charge is 0.261 e. The minimum Gasteiger partial charge on any atom is -0.348 e. The minimum absolute atomic E-state index is 0.0384. The van der Waals surface area contributed by atoms with E-state index in [1.165, 1.54) is 23.3 Å². The Kier molecular flexibility index (Phi) is 4.43. The molecule has 3 heteroatoms. The Morgan fingerprint density at radius 2 is 2.33 bits per heavy atom. The van der Waals surface area contributed by atoms with Gasteiger partial charge in [-0.25, -0.2) is 0 Å². The summed E-state index contributed by atoms with van der Waals surface area (Å²) < 4.78 is 0. The van der Waals surface area contributed by atoms with Gasteiger partial charge in [0.2, 0.25) is 0 Å². The summed E-state index contributed by atoms with van der Waals surface area (Å²) >= 11 is 1.65. The Hall–Kier alpha value is -1.27. The molecule has 0 radical (unpaired) electrons. The zero-order valence-electron chi connectivity index (χ0n) is 10.8. The van der Waals surface area contributed by atoms with E-state index in [1.54, 1.807) is 11.3 Å². The summed E-state index contributed by atoms with van der Waals surface area (Å²) in [5.41, 5.74) is 1.38. The SMILES string of the molecule is C#CCC(CC)NC(=O)c1cc2c(s1)CCCC2. The molecule has 0 bridgehead atoms. The summed E-state index contributed by atoms with van der Waals surface area (Å²) in [7, 11) is 0. The van der Waals surface area contributed by atoms with Crippen LogP contribution in [-0.2, 0) is 12.8 Å². The fraction of sp³-hybridized carbons (Fsp3) is 0.533. The second-order valence-electron chi connectivity index (χ2n) is 4.75. The maximum Gasteiger partial charge on any atom is 0.261 e. The molecule has 1 heterocycles. The Bertz CT molecular complexity index is 446. The lowest BCUT2D eigenvalue weighted by atomic mass is 9.99. The average molecular weight is 261 g/mol. The Labute approximate surface area is 113 Å². The molecule has 2 rings (SSSR count). The van der Waals surface area contributed by atoms with Crippen LogP contribution >= 0.6 is 11.3 Å². The molecule has 0 spiro atoms. The van der Waals surface area contributed by atoms with Gasteiger partial charge in [0.25, 0.3) is 5.91 Å². The van der Waals surface area contributed by atoms with Gasteiger partial charge in [0, 0.05) is 17.3 Å². The lowest BCUT2D eigenvalue weighted by Gasteiger charge is -2.13. The summed E-state index contributed by atoms with van der Waals surface area (Å²) in [5, 5.41) is 3.02. The van der Waals surface area contributed by atoms with Crippen molar-refractivity contribution in [2.45, 2.75) is 51.5 Å². The molecule has 0 aromatic carbocycles. The Balaban J connectivity index is 2.04. The maximum absolute atomic E-state index is 12.1. The molecule has 0 saturated carbocycles. The third-order valence-electron chi connectivity index (χ3n) is 3.41. The lowest BCUT2D eigenvalue weighted by molar-refractivity contribution is 0.0941. The van der Waals surface area contributed by atoms with Gasteiger partial charge in [-0.1, -0.05) is 6.92 Å². The molecule has 1 N–H and O–H groups in total. The van der Waals surface area contributed by atoms with Crippen LogP contribution in [0.3, 0.4) is 0 Å². The number of hydrogen-bond donors (Lipinski definition) is 1. The molecule has 0 fully saturated rings. The first-order chi connectivity index (χ1) is 8.74. The lowest BCUT2D eigenvalue weighted by Crippen LogP contribution is -2.33. The van der Waals surface area contributed by atoms with Crippen molar-refractivity contribution in [1.82, 2.24) is 5.32 Å². The van der Waals surface area contributed by atoms with Gasteiger partial charge in [-0.2, -0.15) is 0 Å². The molecule has 1 unspecified atom stereocenters. The highest BCUT2D eigenvalue weighted by atomic mass is 32.1. The van der Waals surface area contributed by atoms with E-state index >= 15 is 0 Å². The number of terminal acetylenes is 1. The number of amides is 1. The maximum atomic E-state index is 12.1. The zero-order chi connectivity index (χ0) is 13.0. The third kappa shape index (κ3) is 2.94. The molecule has 1 aliphatic carbocycles. The second-order valence-corrected chi connectivity index (χ2v) is 5.89.